The van der Waals surface area contributed by atoms with Crippen LogP contribution in [0, 0.1) is 6.92 Å². The van der Waals surface area contributed by atoms with Crippen LogP contribution in [-0.4, -0.2) is 10.8 Å². The summed E-state index contributed by atoms with van der Waals surface area (Å²) in [6.45, 7) is 5.71. The molecule has 0 fully saturated rings. The van der Waals surface area contributed by atoms with Gasteiger partial charge in [-0.25, -0.2) is 4.98 Å². The van der Waals surface area contributed by atoms with E-state index in [1.54, 1.807) is 12.3 Å². The lowest BCUT2D eigenvalue weighted by Crippen LogP contribution is -1.90. The molecule has 0 saturated carbocycles. The van der Waals surface area contributed by atoms with Gasteiger partial charge in [-0.3, -0.25) is 4.79 Å². The molecule has 1 rings (SSSR count). The summed E-state index contributed by atoms with van der Waals surface area (Å²) in [6.07, 6.45) is 3.26. The van der Waals surface area contributed by atoms with Crippen LogP contribution in [0.4, 0.5) is 0 Å². The van der Waals surface area contributed by atoms with Crippen molar-refractivity contribution in [3.8, 4) is 0 Å². The first-order valence-corrected chi connectivity index (χ1v) is 4.53. The molecule has 0 bridgehead atoms. The Bertz CT molecular complexity index is 321. The summed E-state index contributed by atoms with van der Waals surface area (Å²) in [7, 11) is 0. The van der Waals surface area contributed by atoms with Crippen molar-refractivity contribution in [2.75, 3.05) is 0 Å². The Balaban J connectivity index is 2.86. The minimum atomic E-state index is 0.0561. The van der Waals surface area contributed by atoms with Gasteiger partial charge in [0.15, 0.2) is 5.78 Å². The standard InChI is InChI=1S/C9H11NOS/c1-6(2)4-8(11)9-5-10-7(3)12-9/h4-5H,1-3H3. The largest absolute Gasteiger partial charge is 0.288 e. The van der Waals surface area contributed by atoms with Crippen LogP contribution in [0.3, 0.4) is 0 Å². The Morgan fingerprint density at radius 3 is 2.67 bits per heavy atom. The highest BCUT2D eigenvalue weighted by Crippen LogP contribution is 2.13. The molecule has 0 aromatic carbocycles. The maximum Gasteiger partial charge on any atom is 0.197 e. The smallest absolute Gasteiger partial charge is 0.197 e. The molecule has 0 saturated heterocycles. The lowest BCUT2D eigenvalue weighted by molar-refractivity contribution is 0.104. The number of nitrogens with zero attached hydrogens (tertiary/aromatic N) is 1. The monoisotopic (exact) mass is 181 g/mol. The van der Waals surface area contributed by atoms with E-state index in [1.165, 1.54) is 11.3 Å². The molecule has 0 N–H and O–H groups in total. The zero-order chi connectivity index (χ0) is 9.14. The van der Waals surface area contributed by atoms with Gasteiger partial charge in [0.25, 0.3) is 0 Å². The van der Waals surface area contributed by atoms with Crippen molar-refractivity contribution >= 4 is 17.1 Å². The summed E-state index contributed by atoms with van der Waals surface area (Å²) in [5.74, 6) is 0.0561. The van der Waals surface area contributed by atoms with E-state index in [0.717, 1.165) is 10.6 Å². The summed E-state index contributed by atoms with van der Waals surface area (Å²) in [5.41, 5.74) is 1.02. The van der Waals surface area contributed by atoms with E-state index < -0.39 is 0 Å². The van der Waals surface area contributed by atoms with Gasteiger partial charge in [0, 0.05) is 6.20 Å². The van der Waals surface area contributed by atoms with Crippen molar-refractivity contribution in [2.45, 2.75) is 20.8 Å². The van der Waals surface area contributed by atoms with E-state index in [2.05, 4.69) is 4.98 Å². The van der Waals surface area contributed by atoms with Crippen LogP contribution in [0.25, 0.3) is 0 Å². The van der Waals surface area contributed by atoms with E-state index in [0.29, 0.717) is 4.88 Å². The molecule has 1 heterocycles. The van der Waals surface area contributed by atoms with Gasteiger partial charge < -0.3 is 0 Å². The van der Waals surface area contributed by atoms with Gasteiger partial charge in [-0.15, -0.1) is 11.3 Å². The van der Waals surface area contributed by atoms with E-state index in [1.807, 2.05) is 20.8 Å². The van der Waals surface area contributed by atoms with E-state index in [4.69, 9.17) is 0 Å². The molecule has 0 spiro atoms. The quantitative estimate of drug-likeness (QED) is 0.518. The number of rotatable bonds is 2. The second kappa shape index (κ2) is 3.63. The highest BCUT2D eigenvalue weighted by Gasteiger charge is 2.04. The Morgan fingerprint density at radius 2 is 2.25 bits per heavy atom. The van der Waals surface area contributed by atoms with Crippen LogP contribution in [0.15, 0.2) is 17.8 Å². The molecule has 64 valence electrons. The molecule has 0 radical (unpaired) electrons. The molecule has 1 aromatic heterocycles. The predicted octanol–water partition coefficient (Wildman–Crippen LogP) is 2.60. The van der Waals surface area contributed by atoms with Crippen LogP contribution in [0.2, 0.25) is 0 Å². The zero-order valence-corrected chi connectivity index (χ0v) is 8.23. The zero-order valence-electron chi connectivity index (χ0n) is 7.42. The minimum Gasteiger partial charge on any atom is -0.288 e. The molecule has 0 unspecified atom stereocenters. The van der Waals surface area contributed by atoms with Crippen molar-refractivity contribution in [1.29, 1.82) is 0 Å². The summed E-state index contributed by atoms with van der Waals surface area (Å²) < 4.78 is 0. The van der Waals surface area contributed by atoms with Crippen molar-refractivity contribution in [3.63, 3.8) is 0 Å². The number of ketones is 1. The first-order valence-electron chi connectivity index (χ1n) is 3.71. The molecule has 2 nitrogen and oxygen atoms in total. The van der Waals surface area contributed by atoms with Gasteiger partial charge in [0.05, 0.1) is 9.88 Å². The molecule has 0 aliphatic rings. The first-order chi connectivity index (χ1) is 5.59. The second-order valence-corrected chi connectivity index (χ2v) is 4.06. The molecule has 12 heavy (non-hydrogen) atoms. The van der Waals surface area contributed by atoms with Crippen LogP contribution in [0.5, 0.6) is 0 Å². The third-order valence-corrected chi connectivity index (χ3v) is 2.21. The SMILES string of the molecule is CC(C)=CC(=O)c1cnc(C)s1. The first kappa shape index (κ1) is 9.13. The van der Waals surface area contributed by atoms with Gasteiger partial charge in [0.2, 0.25) is 0 Å². The van der Waals surface area contributed by atoms with Gasteiger partial charge in [-0.1, -0.05) is 5.57 Å². The average molecular weight is 181 g/mol. The number of aryl methyl sites for hydroxylation is 1. The van der Waals surface area contributed by atoms with Crippen molar-refractivity contribution < 1.29 is 4.79 Å². The van der Waals surface area contributed by atoms with Gasteiger partial charge in [0.1, 0.15) is 0 Å². The molecule has 1 aromatic rings. The van der Waals surface area contributed by atoms with Gasteiger partial charge in [-0.2, -0.15) is 0 Å². The topological polar surface area (TPSA) is 30.0 Å². The molecule has 0 aliphatic carbocycles. The maximum atomic E-state index is 11.4. The highest BCUT2D eigenvalue weighted by atomic mass is 32.1. The number of aromatic nitrogens is 1. The Kier molecular flexibility index (Phi) is 2.76. The summed E-state index contributed by atoms with van der Waals surface area (Å²) in [6, 6.07) is 0. The van der Waals surface area contributed by atoms with E-state index >= 15 is 0 Å². The minimum absolute atomic E-state index is 0.0561. The van der Waals surface area contributed by atoms with E-state index in [-0.39, 0.29) is 5.78 Å². The highest BCUT2D eigenvalue weighted by molar-refractivity contribution is 7.13. The van der Waals surface area contributed by atoms with Crippen molar-refractivity contribution in [2.24, 2.45) is 0 Å². The number of thiazole rings is 1. The fourth-order valence-corrected chi connectivity index (χ4v) is 1.50. The number of carbonyl (C=O) groups is 1. The number of hydrogen-bond donors (Lipinski definition) is 0. The van der Waals surface area contributed by atoms with Crippen LogP contribution < -0.4 is 0 Å². The van der Waals surface area contributed by atoms with Crippen LogP contribution >= 0.6 is 11.3 Å². The number of carbonyl (C=O) groups excluding carboxylic acids is 1. The van der Waals surface area contributed by atoms with Crippen molar-refractivity contribution in [3.05, 3.63) is 27.7 Å². The summed E-state index contributed by atoms with van der Waals surface area (Å²) in [4.78, 5) is 16.1. The third-order valence-electron chi connectivity index (χ3n) is 1.28. The lowest BCUT2D eigenvalue weighted by Gasteiger charge is -1.88. The van der Waals surface area contributed by atoms with Gasteiger partial charge >= 0.3 is 0 Å². The maximum absolute atomic E-state index is 11.4. The summed E-state index contributed by atoms with van der Waals surface area (Å²) >= 11 is 1.43. The predicted molar refractivity (Wildman–Crippen MR) is 50.6 cm³/mol. The average Bonchev–Trinajstić information content (AvgIpc) is 2.34. The molecular weight excluding hydrogens is 170 g/mol. The molecule has 0 atom stereocenters. The third kappa shape index (κ3) is 2.27. The van der Waals surface area contributed by atoms with E-state index in [9.17, 15) is 4.79 Å². The second-order valence-electron chi connectivity index (χ2n) is 2.83. The van der Waals surface area contributed by atoms with Crippen molar-refractivity contribution in [1.82, 2.24) is 4.98 Å². The fraction of sp³-hybridized carbons (Fsp3) is 0.333. The number of hydrogen-bond acceptors (Lipinski definition) is 3. The normalized spacial score (nSPS) is 9.58. The lowest BCUT2D eigenvalue weighted by atomic mass is 10.2. The summed E-state index contributed by atoms with van der Waals surface area (Å²) in [5, 5.41) is 0.931. The fourth-order valence-electron chi connectivity index (χ4n) is 0.809. The number of allylic oxidation sites excluding steroid dienone is 2. The van der Waals surface area contributed by atoms with Crippen LogP contribution in [-0.2, 0) is 0 Å². The molecule has 3 heteroatoms. The molecular formula is C9H11NOS. The van der Waals surface area contributed by atoms with Crippen LogP contribution in [0.1, 0.15) is 28.5 Å². The van der Waals surface area contributed by atoms with Gasteiger partial charge in [-0.05, 0) is 26.8 Å². The Labute approximate surface area is 76.0 Å². The Morgan fingerprint density at radius 1 is 1.58 bits per heavy atom. The molecule has 0 aliphatic heterocycles. The molecule has 0 amide bonds. The Hall–Kier alpha value is -0.960.